The van der Waals surface area contributed by atoms with Gasteiger partial charge in [0.2, 0.25) is 11.3 Å². The first-order chi connectivity index (χ1) is 17.9. The SMILES string of the molecule is CCOC(=O)c1ccc(CC2(C)/C(=C\c3oc4ccccc4[n+]3C)N(C)c3ccc4ccccc4c32)o1. The molecule has 0 aliphatic carbocycles. The van der Waals surface area contributed by atoms with Crippen LogP contribution >= 0.6 is 0 Å². The average molecular weight is 494 g/mol. The monoisotopic (exact) mass is 493 g/mol. The fourth-order valence-corrected chi connectivity index (χ4v) is 5.68. The molecule has 0 spiro atoms. The van der Waals surface area contributed by atoms with Crippen LogP contribution in [0.5, 0.6) is 0 Å². The van der Waals surface area contributed by atoms with Gasteiger partial charge in [-0.3, -0.25) is 0 Å². The lowest BCUT2D eigenvalue weighted by atomic mass is 9.76. The number of rotatable bonds is 5. The van der Waals surface area contributed by atoms with Crippen LogP contribution in [0, 0.1) is 0 Å². The first-order valence-corrected chi connectivity index (χ1v) is 12.5. The van der Waals surface area contributed by atoms with Gasteiger partial charge in [0.1, 0.15) is 12.8 Å². The van der Waals surface area contributed by atoms with E-state index in [1.807, 2.05) is 31.3 Å². The van der Waals surface area contributed by atoms with Crippen molar-refractivity contribution in [3.8, 4) is 0 Å². The summed E-state index contributed by atoms with van der Waals surface area (Å²) in [7, 11) is 4.12. The maximum atomic E-state index is 12.3. The lowest BCUT2D eigenvalue weighted by Crippen LogP contribution is -2.32. The Labute approximate surface area is 215 Å². The zero-order valence-electron chi connectivity index (χ0n) is 21.4. The molecule has 0 N–H and O–H groups in total. The van der Waals surface area contributed by atoms with Gasteiger partial charge in [0.15, 0.2) is 0 Å². The van der Waals surface area contributed by atoms with E-state index in [1.54, 1.807) is 13.0 Å². The molecule has 3 heterocycles. The van der Waals surface area contributed by atoms with Crippen LogP contribution in [0.4, 0.5) is 5.69 Å². The number of aryl methyl sites for hydroxylation is 1. The molecule has 1 atom stereocenters. The molecular formula is C31H29N2O4+. The molecule has 37 heavy (non-hydrogen) atoms. The number of fused-ring (bicyclic) bond motifs is 4. The second kappa shape index (κ2) is 8.66. The van der Waals surface area contributed by atoms with Crippen molar-refractivity contribution in [1.29, 1.82) is 0 Å². The number of hydrogen-bond donors (Lipinski definition) is 0. The summed E-state index contributed by atoms with van der Waals surface area (Å²) in [5, 5.41) is 2.38. The van der Waals surface area contributed by atoms with E-state index in [0.29, 0.717) is 13.0 Å². The van der Waals surface area contributed by atoms with Gasteiger partial charge < -0.3 is 18.5 Å². The number of carbonyl (C=O) groups excluding carboxylic acids is 1. The molecule has 1 aliphatic rings. The minimum atomic E-state index is -0.458. The van der Waals surface area contributed by atoms with Gasteiger partial charge in [0, 0.05) is 36.3 Å². The maximum Gasteiger partial charge on any atom is 0.375 e. The predicted molar refractivity (Wildman–Crippen MR) is 143 cm³/mol. The largest absolute Gasteiger partial charge is 0.460 e. The number of para-hydroxylation sites is 2. The van der Waals surface area contributed by atoms with Crippen molar-refractivity contribution in [3.05, 3.63) is 101 Å². The number of ether oxygens (including phenoxy) is 1. The molecule has 1 unspecified atom stereocenters. The molecule has 0 saturated carbocycles. The van der Waals surface area contributed by atoms with Gasteiger partial charge >= 0.3 is 11.9 Å². The van der Waals surface area contributed by atoms with Crippen molar-refractivity contribution in [2.75, 3.05) is 18.6 Å². The van der Waals surface area contributed by atoms with E-state index in [0.717, 1.165) is 34.1 Å². The lowest BCUT2D eigenvalue weighted by molar-refractivity contribution is -0.652. The highest BCUT2D eigenvalue weighted by atomic mass is 16.5. The Balaban J connectivity index is 1.54. The second-order valence-electron chi connectivity index (χ2n) is 9.73. The summed E-state index contributed by atoms with van der Waals surface area (Å²) in [6.07, 6.45) is 2.69. The molecule has 0 bridgehead atoms. The summed E-state index contributed by atoms with van der Waals surface area (Å²) in [4.78, 5) is 14.5. The van der Waals surface area contributed by atoms with E-state index in [-0.39, 0.29) is 5.76 Å². The number of aromatic nitrogens is 1. The van der Waals surface area contributed by atoms with Crippen LogP contribution in [0.2, 0.25) is 0 Å². The lowest BCUT2D eigenvalue weighted by Gasteiger charge is -2.28. The van der Waals surface area contributed by atoms with Crippen LogP contribution in [0.25, 0.3) is 27.9 Å². The number of nitrogens with zero attached hydrogens (tertiary/aromatic N) is 2. The number of hydrogen-bond acceptors (Lipinski definition) is 5. The van der Waals surface area contributed by atoms with Crippen LogP contribution in [-0.4, -0.2) is 19.6 Å². The maximum absolute atomic E-state index is 12.3. The third-order valence-corrected chi connectivity index (χ3v) is 7.44. The topological polar surface area (TPSA) is 59.7 Å². The number of carbonyl (C=O) groups is 1. The number of anilines is 1. The van der Waals surface area contributed by atoms with E-state index < -0.39 is 11.4 Å². The fourth-order valence-electron chi connectivity index (χ4n) is 5.68. The quantitative estimate of drug-likeness (QED) is 0.216. The number of oxazole rings is 1. The normalized spacial score (nSPS) is 18.2. The molecule has 3 aromatic carbocycles. The van der Waals surface area contributed by atoms with Crippen molar-refractivity contribution < 1.29 is 22.9 Å². The number of furan rings is 1. The number of esters is 1. The summed E-state index contributed by atoms with van der Waals surface area (Å²) < 4.78 is 19.5. The van der Waals surface area contributed by atoms with Gasteiger partial charge in [-0.15, -0.1) is 0 Å². The summed E-state index contributed by atoms with van der Waals surface area (Å²) in [5.74, 6) is 1.26. The zero-order valence-corrected chi connectivity index (χ0v) is 21.4. The van der Waals surface area contributed by atoms with Crippen LogP contribution in [-0.2, 0) is 23.6 Å². The summed E-state index contributed by atoms with van der Waals surface area (Å²) in [6, 6.07) is 24.4. The molecule has 6 nitrogen and oxygen atoms in total. The molecule has 0 amide bonds. The van der Waals surface area contributed by atoms with E-state index in [1.165, 1.54) is 16.3 Å². The Kier molecular flexibility index (Phi) is 5.41. The van der Waals surface area contributed by atoms with Crippen LogP contribution < -0.4 is 9.47 Å². The molecule has 2 aromatic heterocycles. The Hall–Kier alpha value is -4.32. The van der Waals surface area contributed by atoms with Gasteiger partial charge in [-0.25, -0.2) is 4.79 Å². The van der Waals surface area contributed by atoms with Crippen LogP contribution in [0.3, 0.4) is 0 Å². The van der Waals surface area contributed by atoms with Crippen molar-refractivity contribution in [1.82, 2.24) is 0 Å². The number of likely N-dealkylation sites (N-methyl/N-ethyl adjacent to an activating group) is 1. The number of allylic oxidation sites excluding steroid dienone is 1. The molecule has 0 saturated heterocycles. The van der Waals surface area contributed by atoms with E-state index in [4.69, 9.17) is 13.6 Å². The van der Waals surface area contributed by atoms with E-state index in [2.05, 4.69) is 72.0 Å². The molecular weight excluding hydrogens is 464 g/mol. The highest BCUT2D eigenvalue weighted by Gasteiger charge is 2.45. The first kappa shape index (κ1) is 23.1. The summed E-state index contributed by atoms with van der Waals surface area (Å²) >= 11 is 0. The number of benzene rings is 3. The Morgan fingerprint density at radius 3 is 2.62 bits per heavy atom. The van der Waals surface area contributed by atoms with E-state index in [9.17, 15) is 4.79 Å². The van der Waals surface area contributed by atoms with Gasteiger partial charge in [-0.2, -0.15) is 4.57 Å². The molecule has 186 valence electrons. The second-order valence-corrected chi connectivity index (χ2v) is 9.73. The third-order valence-electron chi connectivity index (χ3n) is 7.44. The minimum Gasteiger partial charge on any atom is -0.460 e. The Morgan fingerprint density at radius 1 is 1.03 bits per heavy atom. The molecule has 6 heteroatoms. The van der Waals surface area contributed by atoms with Crippen LogP contribution in [0.15, 0.2) is 87.3 Å². The Bertz CT molecular complexity index is 1690. The van der Waals surface area contributed by atoms with Crippen molar-refractivity contribution >= 4 is 39.6 Å². The first-order valence-electron chi connectivity index (χ1n) is 12.5. The molecule has 6 rings (SSSR count). The third kappa shape index (κ3) is 3.63. The smallest absolute Gasteiger partial charge is 0.375 e. The molecule has 0 fully saturated rings. The van der Waals surface area contributed by atoms with Gasteiger partial charge in [0.25, 0.3) is 5.52 Å². The van der Waals surface area contributed by atoms with Gasteiger partial charge in [0.05, 0.1) is 12.7 Å². The van der Waals surface area contributed by atoms with Gasteiger partial charge in [-0.05, 0) is 54.4 Å². The molecule has 1 aliphatic heterocycles. The Morgan fingerprint density at radius 2 is 1.81 bits per heavy atom. The zero-order chi connectivity index (χ0) is 25.7. The van der Waals surface area contributed by atoms with Gasteiger partial charge in [-0.1, -0.05) is 42.5 Å². The summed E-state index contributed by atoms with van der Waals surface area (Å²) in [6.45, 7) is 4.33. The predicted octanol–water partition coefficient (Wildman–Crippen LogP) is 6.17. The molecule has 0 radical (unpaired) electrons. The van der Waals surface area contributed by atoms with Crippen molar-refractivity contribution in [2.24, 2.45) is 7.05 Å². The van der Waals surface area contributed by atoms with Crippen molar-refractivity contribution in [3.63, 3.8) is 0 Å². The fraction of sp³-hybridized carbons (Fsp3) is 0.226. The van der Waals surface area contributed by atoms with E-state index >= 15 is 0 Å². The summed E-state index contributed by atoms with van der Waals surface area (Å²) in [5.41, 5.74) is 4.87. The highest BCUT2D eigenvalue weighted by molar-refractivity contribution is 5.95. The standard InChI is InChI=1S/C31H29N2O4/c1-5-35-30(34)26-17-15-21(36-26)19-31(2)27(18-28-33(4)23-12-8-9-13-25(23)37-28)32(3)24-16-14-20-10-6-7-11-22(20)29(24)31/h6-18H,5,19H2,1-4H3/q+1. The minimum absolute atomic E-state index is 0.221. The van der Waals surface area contributed by atoms with Crippen molar-refractivity contribution in [2.45, 2.75) is 25.7 Å². The molecule has 5 aromatic rings. The van der Waals surface area contributed by atoms with Crippen LogP contribution in [0.1, 0.15) is 41.6 Å². The highest BCUT2D eigenvalue weighted by Crippen LogP contribution is 2.52. The average Bonchev–Trinajstić information content (AvgIpc) is 3.55.